The van der Waals surface area contributed by atoms with E-state index >= 15 is 0 Å². The van der Waals surface area contributed by atoms with Gasteiger partial charge in [-0.1, -0.05) is 0 Å². The summed E-state index contributed by atoms with van der Waals surface area (Å²) in [4.78, 5) is 12.6. The molecule has 2 aliphatic heterocycles. The van der Waals surface area contributed by atoms with Gasteiger partial charge in [0.15, 0.2) is 6.23 Å². The van der Waals surface area contributed by atoms with Crippen LogP contribution in [0, 0.1) is 0 Å². The molecule has 0 aliphatic carbocycles. The third kappa shape index (κ3) is 1.67. The zero-order valence-electron chi connectivity index (χ0n) is 8.04. The molecule has 0 radical (unpaired) electrons. The minimum atomic E-state index is -1.18. The monoisotopic (exact) mass is 218 g/mol. The maximum absolute atomic E-state index is 11.3. The summed E-state index contributed by atoms with van der Waals surface area (Å²) in [6.07, 6.45) is -4.04. The first-order chi connectivity index (χ1) is 7.15. The number of hydrogen-bond acceptors (Lipinski definition) is 5. The molecule has 7 nitrogen and oxygen atoms in total. The lowest BCUT2D eigenvalue weighted by Gasteiger charge is -2.24. The van der Waals surface area contributed by atoms with Gasteiger partial charge in [-0.15, -0.1) is 0 Å². The third-order valence-corrected chi connectivity index (χ3v) is 2.71. The lowest BCUT2D eigenvalue weighted by molar-refractivity contribution is -0.0734. The average molecular weight is 218 g/mol. The van der Waals surface area contributed by atoms with E-state index in [0.29, 0.717) is 13.1 Å². The minimum absolute atomic E-state index is 0.329. The van der Waals surface area contributed by atoms with Crippen molar-refractivity contribution in [1.29, 1.82) is 0 Å². The smallest absolute Gasteiger partial charge is 0.319 e. The van der Waals surface area contributed by atoms with Crippen molar-refractivity contribution in [2.24, 2.45) is 0 Å². The molecule has 0 aromatic carbocycles. The molecule has 0 bridgehead atoms. The molecule has 7 heteroatoms. The number of aliphatic hydroxyl groups is 3. The summed E-state index contributed by atoms with van der Waals surface area (Å²) in [5.74, 6) is 0. The molecule has 2 saturated heterocycles. The number of carbonyl (C=O) groups excluding carboxylic acids is 1. The van der Waals surface area contributed by atoms with Crippen molar-refractivity contribution >= 4 is 6.03 Å². The summed E-state index contributed by atoms with van der Waals surface area (Å²) in [6, 6.07) is -0.329. The van der Waals surface area contributed by atoms with Crippen LogP contribution in [0.15, 0.2) is 0 Å². The van der Waals surface area contributed by atoms with Gasteiger partial charge in [-0.3, -0.25) is 4.90 Å². The first kappa shape index (κ1) is 10.6. The first-order valence-corrected chi connectivity index (χ1v) is 4.82. The van der Waals surface area contributed by atoms with Gasteiger partial charge in [0.1, 0.15) is 18.3 Å². The van der Waals surface area contributed by atoms with Gasteiger partial charge in [0.05, 0.1) is 6.61 Å². The van der Waals surface area contributed by atoms with Gasteiger partial charge in [0, 0.05) is 13.1 Å². The van der Waals surface area contributed by atoms with Crippen molar-refractivity contribution in [3.05, 3.63) is 0 Å². The highest BCUT2D eigenvalue weighted by Gasteiger charge is 2.47. The summed E-state index contributed by atoms with van der Waals surface area (Å²) in [5, 5.41) is 30.5. The molecular weight excluding hydrogens is 204 g/mol. The molecule has 2 fully saturated rings. The van der Waals surface area contributed by atoms with Crippen LogP contribution < -0.4 is 5.32 Å². The molecule has 86 valence electrons. The van der Waals surface area contributed by atoms with E-state index in [1.54, 1.807) is 0 Å². The van der Waals surface area contributed by atoms with Crippen molar-refractivity contribution in [3.63, 3.8) is 0 Å². The molecule has 4 atom stereocenters. The molecule has 0 aromatic heterocycles. The topological polar surface area (TPSA) is 102 Å². The van der Waals surface area contributed by atoms with E-state index in [1.807, 2.05) is 0 Å². The zero-order chi connectivity index (χ0) is 11.0. The summed E-state index contributed by atoms with van der Waals surface area (Å²) in [6.45, 7) is 0.529. The maximum atomic E-state index is 11.3. The second-order valence-corrected chi connectivity index (χ2v) is 3.65. The Morgan fingerprint density at radius 1 is 1.47 bits per heavy atom. The van der Waals surface area contributed by atoms with Gasteiger partial charge >= 0.3 is 6.03 Å². The largest absolute Gasteiger partial charge is 0.394 e. The summed E-state index contributed by atoms with van der Waals surface area (Å²) in [5.41, 5.74) is 0. The lowest BCUT2D eigenvalue weighted by atomic mass is 10.1. The predicted molar refractivity (Wildman–Crippen MR) is 47.9 cm³/mol. The van der Waals surface area contributed by atoms with Crippen LogP contribution in [0.2, 0.25) is 0 Å². The van der Waals surface area contributed by atoms with Gasteiger partial charge in [-0.25, -0.2) is 4.79 Å². The second-order valence-electron chi connectivity index (χ2n) is 3.65. The Balaban J connectivity index is 2.07. The number of ether oxygens (including phenoxy) is 1. The van der Waals surface area contributed by atoms with Crippen LogP contribution in [0.25, 0.3) is 0 Å². The fourth-order valence-electron chi connectivity index (χ4n) is 1.87. The molecule has 15 heavy (non-hydrogen) atoms. The molecule has 2 amide bonds. The van der Waals surface area contributed by atoms with E-state index in [4.69, 9.17) is 9.84 Å². The van der Waals surface area contributed by atoms with Crippen LogP contribution >= 0.6 is 0 Å². The zero-order valence-corrected chi connectivity index (χ0v) is 8.04. The van der Waals surface area contributed by atoms with E-state index in [1.165, 1.54) is 4.90 Å². The Morgan fingerprint density at radius 2 is 2.20 bits per heavy atom. The molecule has 2 aliphatic rings. The van der Waals surface area contributed by atoms with Gasteiger partial charge in [-0.2, -0.15) is 0 Å². The van der Waals surface area contributed by atoms with Gasteiger partial charge in [0.25, 0.3) is 0 Å². The van der Waals surface area contributed by atoms with Crippen LogP contribution in [0.4, 0.5) is 4.79 Å². The van der Waals surface area contributed by atoms with Crippen LogP contribution in [0.5, 0.6) is 0 Å². The van der Waals surface area contributed by atoms with Crippen molar-refractivity contribution in [3.8, 4) is 0 Å². The van der Waals surface area contributed by atoms with Crippen molar-refractivity contribution in [1.82, 2.24) is 10.2 Å². The van der Waals surface area contributed by atoms with Crippen molar-refractivity contribution in [2.75, 3.05) is 19.7 Å². The predicted octanol–water partition coefficient (Wildman–Crippen LogP) is -2.55. The summed E-state index contributed by atoms with van der Waals surface area (Å²) >= 11 is 0. The van der Waals surface area contributed by atoms with Crippen LogP contribution in [-0.4, -0.2) is 70.5 Å². The fraction of sp³-hybridized carbons (Fsp3) is 0.875. The van der Waals surface area contributed by atoms with Crippen LogP contribution in [-0.2, 0) is 4.74 Å². The first-order valence-electron chi connectivity index (χ1n) is 4.82. The summed E-state index contributed by atoms with van der Waals surface area (Å²) in [7, 11) is 0. The molecule has 2 rings (SSSR count). The van der Waals surface area contributed by atoms with E-state index in [2.05, 4.69) is 5.32 Å². The SMILES string of the molecule is O=C1NCCN1C1O[C@H](CO)[C@@H](O)[C@H]1O. The maximum Gasteiger partial charge on any atom is 0.319 e. The lowest BCUT2D eigenvalue weighted by Crippen LogP contribution is -2.45. The number of amides is 2. The Kier molecular flexibility index (Phi) is 2.79. The standard InChI is InChI=1S/C8H14N2O5/c11-3-4-5(12)6(13)7(15-4)10-2-1-9-8(10)14/h4-7,11-13H,1-3H2,(H,9,14)/t4-,5-,6-,7?/m1/s1. The van der Waals surface area contributed by atoms with Crippen LogP contribution in [0.3, 0.4) is 0 Å². The van der Waals surface area contributed by atoms with Gasteiger partial charge < -0.3 is 25.4 Å². The number of aliphatic hydroxyl groups excluding tert-OH is 3. The summed E-state index contributed by atoms with van der Waals surface area (Å²) < 4.78 is 5.20. The molecule has 0 spiro atoms. The highest BCUT2D eigenvalue weighted by atomic mass is 16.6. The number of urea groups is 1. The molecule has 4 N–H and O–H groups in total. The van der Waals surface area contributed by atoms with Gasteiger partial charge in [-0.05, 0) is 0 Å². The third-order valence-electron chi connectivity index (χ3n) is 2.71. The average Bonchev–Trinajstić information content (AvgIpc) is 2.74. The Bertz CT molecular complexity index is 261. The molecule has 2 heterocycles. The molecular formula is C8H14N2O5. The van der Waals surface area contributed by atoms with E-state index in [9.17, 15) is 15.0 Å². The van der Waals surface area contributed by atoms with Gasteiger partial charge in [0.2, 0.25) is 0 Å². The van der Waals surface area contributed by atoms with Crippen molar-refractivity contribution in [2.45, 2.75) is 24.5 Å². The Hall–Kier alpha value is -0.890. The number of rotatable bonds is 2. The number of nitrogens with zero attached hydrogens (tertiary/aromatic N) is 1. The highest BCUT2D eigenvalue weighted by Crippen LogP contribution is 2.24. The van der Waals surface area contributed by atoms with E-state index in [0.717, 1.165) is 0 Å². The van der Waals surface area contributed by atoms with E-state index in [-0.39, 0.29) is 12.6 Å². The normalized spacial score (nSPS) is 41.0. The number of nitrogens with one attached hydrogen (secondary N) is 1. The molecule has 1 unspecified atom stereocenters. The Morgan fingerprint density at radius 3 is 2.67 bits per heavy atom. The molecule has 0 aromatic rings. The highest BCUT2D eigenvalue weighted by molar-refractivity contribution is 5.76. The number of carbonyl (C=O) groups is 1. The quantitative estimate of drug-likeness (QED) is 0.409. The molecule has 0 saturated carbocycles. The van der Waals surface area contributed by atoms with Crippen molar-refractivity contribution < 1.29 is 24.9 Å². The number of hydrogen-bond donors (Lipinski definition) is 4. The Labute approximate surface area is 86.2 Å². The fourth-order valence-corrected chi connectivity index (χ4v) is 1.87. The minimum Gasteiger partial charge on any atom is -0.394 e. The van der Waals surface area contributed by atoms with Crippen LogP contribution in [0.1, 0.15) is 0 Å². The van der Waals surface area contributed by atoms with E-state index < -0.39 is 24.5 Å². The second kappa shape index (κ2) is 3.93.